The average molecular weight is 326 g/mol. The minimum atomic E-state index is 0.336. The van der Waals surface area contributed by atoms with Crippen molar-refractivity contribution in [3.8, 4) is 5.75 Å². The van der Waals surface area contributed by atoms with Crippen LogP contribution in [0.3, 0.4) is 0 Å². The van der Waals surface area contributed by atoms with Gasteiger partial charge in [0.1, 0.15) is 5.75 Å². The van der Waals surface area contributed by atoms with Crippen molar-refractivity contribution >= 4 is 27.3 Å². The van der Waals surface area contributed by atoms with Crippen LogP contribution in [0.15, 0.2) is 46.3 Å². The summed E-state index contributed by atoms with van der Waals surface area (Å²) in [5.41, 5.74) is 0. The zero-order valence-electron chi connectivity index (χ0n) is 10.2. The normalized spacial score (nSPS) is 12.3. The van der Waals surface area contributed by atoms with E-state index in [1.165, 1.54) is 9.35 Å². The third-order valence-corrected chi connectivity index (χ3v) is 4.71. The van der Waals surface area contributed by atoms with Crippen LogP contribution in [0.2, 0.25) is 0 Å². The van der Waals surface area contributed by atoms with E-state index in [1.54, 1.807) is 11.3 Å². The van der Waals surface area contributed by atoms with E-state index in [0.29, 0.717) is 12.6 Å². The maximum atomic E-state index is 5.73. The highest BCUT2D eigenvalue weighted by molar-refractivity contribution is 9.10. The lowest BCUT2D eigenvalue weighted by Gasteiger charge is -2.15. The molecule has 0 radical (unpaired) electrons. The zero-order valence-corrected chi connectivity index (χ0v) is 12.6. The van der Waals surface area contributed by atoms with Crippen LogP contribution in [0.4, 0.5) is 0 Å². The standard InChI is InChI=1S/C14H16BrNOS/c1-16-13(14-12(15)8-10-18-14)7-9-17-11-5-3-2-4-6-11/h2-6,8,10,13,16H,7,9H2,1H3. The SMILES string of the molecule is CNC(CCOc1ccccc1)c1sccc1Br. The number of thiophene rings is 1. The van der Waals surface area contributed by atoms with Gasteiger partial charge in [-0.05, 0) is 46.6 Å². The molecule has 1 aromatic heterocycles. The Hall–Kier alpha value is -0.840. The Labute approximate surface area is 120 Å². The van der Waals surface area contributed by atoms with Crippen molar-refractivity contribution in [2.24, 2.45) is 0 Å². The molecule has 0 aliphatic rings. The number of ether oxygens (including phenoxy) is 1. The van der Waals surface area contributed by atoms with Gasteiger partial charge in [0.2, 0.25) is 0 Å². The number of para-hydroxylation sites is 1. The molecule has 0 saturated heterocycles. The minimum absolute atomic E-state index is 0.336. The fraction of sp³-hybridized carbons (Fsp3) is 0.286. The van der Waals surface area contributed by atoms with Crippen LogP contribution in [0.1, 0.15) is 17.3 Å². The lowest BCUT2D eigenvalue weighted by Crippen LogP contribution is -2.18. The van der Waals surface area contributed by atoms with E-state index < -0.39 is 0 Å². The van der Waals surface area contributed by atoms with Crippen LogP contribution in [0, 0.1) is 0 Å². The first-order valence-corrected chi connectivity index (χ1v) is 7.56. The summed E-state index contributed by atoms with van der Waals surface area (Å²) in [7, 11) is 1.99. The number of rotatable bonds is 6. The van der Waals surface area contributed by atoms with Crippen molar-refractivity contribution in [1.82, 2.24) is 5.32 Å². The molecule has 0 aliphatic heterocycles. The quantitative estimate of drug-likeness (QED) is 0.857. The van der Waals surface area contributed by atoms with Crippen LogP contribution >= 0.6 is 27.3 Å². The molecular weight excluding hydrogens is 310 g/mol. The summed E-state index contributed by atoms with van der Waals surface area (Å²) in [4.78, 5) is 1.33. The molecule has 0 fully saturated rings. The van der Waals surface area contributed by atoms with E-state index in [-0.39, 0.29) is 0 Å². The van der Waals surface area contributed by atoms with Gasteiger partial charge in [0, 0.05) is 21.8 Å². The molecule has 1 aromatic carbocycles. The van der Waals surface area contributed by atoms with Gasteiger partial charge in [0.25, 0.3) is 0 Å². The van der Waals surface area contributed by atoms with Gasteiger partial charge in [0.15, 0.2) is 0 Å². The summed E-state index contributed by atoms with van der Waals surface area (Å²) in [6, 6.07) is 12.4. The van der Waals surface area contributed by atoms with Crippen molar-refractivity contribution in [3.63, 3.8) is 0 Å². The molecule has 1 atom stereocenters. The summed E-state index contributed by atoms with van der Waals surface area (Å²) in [6.45, 7) is 0.708. The Balaban J connectivity index is 1.87. The maximum Gasteiger partial charge on any atom is 0.119 e. The molecule has 1 heterocycles. The second-order valence-electron chi connectivity index (χ2n) is 3.92. The van der Waals surface area contributed by atoms with E-state index in [1.807, 2.05) is 37.4 Å². The molecular formula is C14H16BrNOS. The second-order valence-corrected chi connectivity index (χ2v) is 5.73. The fourth-order valence-corrected chi connectivity index (χ4v) is 3.57. The number of hydrogen-bond acceptors (Lipinski definition) is 3. The minimum Gasteiger partial charge on any atom is -0.494 e. The average Bonchev–Trinajstić information content (AvgIpc) is 2.82. The van der Waals surface area contributed by atoms with E-state index in [2.05, 4.69) is 32.7 Å². The van der Waals surface area contributed by atoms with Gasteiger partial charge in [-0.3, -0.25) is 0 Å². The topological polar surface area (TPSA) is 21.3 Å². The largest absolute Gasteiger partial charge is 0.494 e. The van der Waals surface area contributed by atoms with Crippen molar-refractivity contribution in [3.05, 3.63) is 51.1 Å². The predicted molar refractivity (Wildman–Crippen MR) is 80.4 cm³/mol. The summed E-state index contributed by atoms with van der Waals surface area (Å²) in [6.07, 6.45) is 0.949. The van der Waals surface area contributed by atoms with Gasteiger partial charge in [-0.25, -0.2) is 0 Å². The van der Waals surface area contributed by atoms with Gasteiger partial charge in [-0.2, -0.15) is 0 Å². The number of hydrogen-bond donors (Lipinski definition) is 1. The molecule has 2 rings (SSSR count). The summed E-state index contributed by atoms with van der Waals surface area (Å²) in [5.74, 6) is 0.928. The number of nitrogens with one attached hydrogen (secondary N) is 1. The third-order valence-electron chi connectivity index (χ3n) is 2.73. The summed E-state index contributed by atoms with van der Waals surface area (Å²) < 4.78 is 6.90. The highest BCUT2D eigenvalue weighted by Crippen LogP contribution is 2.30. The van der Waals surface area contributed by atoms with E-state index in [0.717, 1.165) is 12.2 Å². The Morgan fingerprint density at radius 2 is 2.06 bits per heavy atom. The van der Waals surface area contributed by atoms with Gasteiger partial charge < -0.3 is 10.1 Å². The Morgan fingerprint density at radius 1 is 1.28 bits per heavy atom. The van der Waals surface area contributed by atoms with Crippen molar-refractivity contribution in [2.75, 3.05) is 13.7 Å². The van der Waals surface area contributed by atoms with Crippen molar-refractivity contribution in [1.29, 1.82) is 0 Å². The van der Waals surface area contributed by atoms with E-state index in [4.69, 9.17) is 4.74 Å². The first-order chi connectivity index (χ1) is 8.81. The second kappa shape index (κ2) is 6.92. The lowest BCUT2D eigenvalue weighted by atomic mass is 10.2. The van der Waals surface area contributed by atoms with Crippen LogP contribution in [-0.2, 0) is 0 Å². The first kappa shape index (κ1) is 13.6. The number of halogens is 1. The van der Waals surface area contributed by atoms with Gasteiger partial charge in [-0.1, -0.05) is 18.2 Å². The molecule has 0 saturated carbocycles. The molecule has 1 N–H and O–H groups in total. The van der Waals surface area contributed by atoms with Crippen LogP contribution in [-0.4, -0.2) is 13.7 Å². The molecule has 4 heteroatoms. The fourth-order valence-electron chi connectivity index (χ4n) is 1.77. The summed E-state index contributed by atoms with van der Waals surface area (Å²) >= 11 is 5.34. The lowest BCUT2D eigenvalue weighted by molar-refractivity contribution is 0.291. The molecule has 0 aliphatic carbocycles. The molecule has 0 bridgehead atoms. The molecule has 0 spiro atoms. The smallest absolute Gasteiger partial charge is 0.119 e. The predicted octanol–water partition coefficient (Wildman–Crippen LogP) is 4.24. The maximum absolute atomic E-state index is 5.73. The summed E-state index contributed by atoms with van der Waals surface area (Å²) in [5, 5.41) is 5.43. The van der Waals surface area contributed by atoms with E-state index in [9.17, 15) is 0 Å². The molecule has 2 aromatic rings. The molecule has 2 nitrogen and oxygen atoms in total. The van der Waals surface area contributed by atoms with Crippen molar-refractivity contribution < 1.29 is 4.74 Å². The molecule has 1 unspecified atom stereocenters. The van der Waals surface area contributed by atoms with Crippen LogP contribution < -0.4 is 10.1 Å². The monoisotopic (exact) mass is 325 g/mol. The first-order valence-electron chi connectivity index (χ1n) is 5.89. The number of benzene rings is 1. The molecule has 18 heavy (non-hydrogen) atoms. The highest BCUT2D eigenvalue weighted by Gasteiger charge is 2.13. The highest BCUT2D eigenvalue weighted by atomic mass is 79.9. The van der Waals surface area contributed by atoms with Gasteiger partial charge >= 0.3 is 0 Å². The third kappa shape index (κ3) is 3.57. The van der Waals surface area contributed by atoms with Crippen LogP contribution in [0.25, 0.3) is 0 Å². The van der Waals surface area contributed by atoms with E-state index >= 15 is 0 Å². The Morgan fingerprint density at radius 3 is 2.67 bits per heavy atom. The van der Waals surface area contributed by atoms with Crippen molar-refractivity contribution in [2.45, 2.75) is 12.5 Å². The zero-order chi connectivity index (χ0) is 12.8. The van der Waals surface area contributed by atoms with Crippen LogP contribution in [0.5, 0.6) is 5.75 Å². The molecule has 0 amide bonds. The Kier molecular flexibility index (Phi) is 5.23. The molecule has 96 valence electrons. The van der Waals surface area contributed by atoms with Gasteiger partial charge in [-0.15, -0.1) is 11.3 Å². The van der Waals surface area contributed by atoms with Gasteiger partial charge in [0.05, 0.1) is 6.61 Å². The Bertz CT molecular complexity index is 472.